The molecule has 4 nitrogen and oxygen atoms in total. The number of nitrogens with zero attached hydrogens (tertiary/aromatic N) is 1. The first-order valence-electron chi connectivity index (χ1n) is 8.34. The summed E-state index contributed by atoms with van der Waals surface area (Å²) in [5, 5.41) is 2.87. The van der Waals surface area contributed by atoms with Gasteiger partial charge in [-0.1, -0.05) is 52.0 Å². The van der Waals surface area contributed by atoms with Gasteiger partial charge < -0.3 is 10.2 Å². The highest BCUT2D eigenvalue weighted by atomic mass is 16.2. The van der Waals surface area contributed by atoms with E-state index in [1.165, 1.54) is 5.56 Å². The van der Waals surface area contributed by atoms with Gasteiger partial charge in [-0.05, 0) is 24.0 Å². The normalized spacial score (nSPS) is 11.2. The summed E-state index contributed by atoms with van der Waals surface area (Å²) in [7, 11) is 1.82. The molecule has 1 N–H and O–H groups in total. The molecule has 0 bridgehead atoms. The maximum absolute atomic E-state index is 12.1. The van der Waals surface area contributed by atoms with Crippen molar-refractivity contribution in [1.29, 1.82) is 0 Å². The topological polar surface area (TPSA) is 49.4 Å². The lowest BCUT2D eigenvalue weighted by atomic mass is 9.96. The van der Waals surface area contributed by atoms with Crippen LogP contribution in [-0.2, 0) is 22.6 Å². The van der Waals surface area contributed by atoms with Crippen LogP contribution in [0, 0.1) is 5.41 Å². The molecule has 0 spiro atoms. The predicted molar refractivity (Wildman–Crippen MR) is 94.0 cm³/mol. The molecule has 0 aromatic heterocycles. The van der Waals surface area contributed by atoms with Crippen molar-refractivity contribution in [3.05, 3.63) is 35.4 Å². The number of rotatable bonds is 7. The highest BCUT2D eigenvalue weighted by Crippen LogP contribution is 2.12. The van der Waals surface area contributed by atoms with Crippen LogP contribution in [0.4, 0.5) is 0 Å². The van der Waals surface area contributed by atoms with Crippen molar-refractivity contribution in [2.24, 2.45) is 5.41 Å². The Morgan fingerprint density at radius 2 is 1.65 bits per heavy atom. The van der Waals surface area contributed by atoms with E-state index in [0.29, 0.717) is 25.9 Å². The lowest BCUT2D eigenvalue weighted by molar-refractivity contribution is -0.131. The van der Waals surface area contributed by atoms with Gasteiger partial charge in [0.2, 0.25) is 11.8 Å². The minimum Gasteiger partial charge on any atom is -0.356 e. The number of aryl methyl sites for hydroxylation is 1. The van der Waals surface area contributed by atoms with Crippen LogP contribution >= 0.6 is 0 Å². The summed E-state index contributed by atoms with van der Waals surface area (Å²) in [5.41, 5.74) is 2.06. The largest absolute Gasteiger partial charge is 0.356 e. The molecule has 0 saturated heterocycles. The van der Waals surface area contributed by atoms with Crippen LogP contribution in [0.25, 0.3) is 0 Å². The molecule has 0 atom stereocenters. The number of amides is 2. The average Bonchev–Trinajstić information content (AvgIpc) is 2.50. The summed E-state index contributed by atoms with van der Waals surface area (Å²) in [4.78, 5) is 25.6. The number of carbonyl (C=O) groups is 2. The van der Waals surface area contributed by atoms with Gasteiger partial charge in [0, 0.05) is 32.0 Å². The molecular weight excluding hydrogens is 288 g/mol. The molecule has 0 fully saturated rings. The maximum Gasteiger partial charge on any atom is 0.225 e. The van der Waals surface area contributed by atoms with E-state index in [1.807, 2.05) is 27.8 Å². The molecule has 4 heteroatoms. The Morgan fingerprint density at radius 3 is 2.17 bits per heavy atom. The summed E-state index contributed by atoms with van der Waals surface area (Å²) in [6.07, 6.45) is 2.14. The molecule has 0 heterocycles. The highest BCUT2D eigenvalue weighted by Gasteiger charge is 2.20. The van der Waals surface area contributed by atoms with Crippen molar-refractivity contribution in [3.63, 3.8) is 0 Å². The summed E-state index contributed by atoms with van der Waals surface area (Å²) in [6, 6.07) is 8.36. The zero-order valence-corrected chi connectivity index (χ0v) is 15.1. The fourth-order valence-electron chi connectivity index (χ4n) is 2.14. The molecule has 1 aromatic carbocycles. The van der Waals surface area contributed by atoms with Gasteiger partial charge in [-0.15, -0.1) is 0 Å². The number of nitrogens with one attached hydrogen (secondary N) is 1. The second-order valence-electron chi connectivity index (χ2n) is 7.03. The van der Waals surface area contributed by atoms with E-state index in [-0.39, 0.29) is 17.2 Å². The zero-order chi connectivity index (χ0) is 17.5. The standard InChI is InChI=1S/C19H30N2O2/c1-6-15-9-11-16(12-10-15)14-21(5)17(22)8-7-13-20-18(23)19(2,3)4/h9-12H,6-8,13-14H2,1-5H3,(H,20,23). The van der Waals surface area contributed by atoms with E-state index >= 15 is 0 Å². The lowest BCUT2D eigenvalue weighted by Gasteiger charge is -2.19. The van der Waals surface area contributed by atoms with Gasteiger partial charge in [-0.25, -0.2) is 0 Å². The summed E-state index contributed by atoms with van der Waals surface area (Å²) >= 11 is 0. The Kier molecular flexibility index (Phi) is 7.27. The monoisotopic (exact) mass is 318 g/mol. The first-order chi connectivity index (χ1) is 10.7. The molecule has 23 heavy (non-hydrogen) atoms. The second kappa shape index (κ2) is 8.70. The Balaban J connectivity index is 2.32. The maximum atomic E-state index is 12.1. The molecule has 0 aliphatic rings. The molecular formula is C19H30N2O2. The first kappa shape index (κ1) is 19.2. The average molecular weight is 318 g/mol. The smallest absolute Gasteiger partial charge is 0.225 e. The molecule has 1 aromatic rings. The van der Waals surface area contributed by atoms with E-state index in [9.17, 15) is 9.59 Å². The third kappa shape index (κ3) is 6.85. The van der Waals surface area contributed by atoms with Gasteiger partial charge in [0.05, 0.1) is 0 Å². The fraction of sp³-hybridized carbons (Fsp3) is 0.579. The van der Waals surface area contributed by atoms with Crippen LogP contribution in [-0.4, -0.2) is 30.3 Å². The van der Waals surface area contributed by atoms with Gasteiger partial charge in [-0.3, -0.25) is 9.59 Å². The van der Waals surface area contributed by atoms with Gasteiger partial charge in [-0.2, -0.15) is 0 Å². The number of benzene rings is 1. The van der Waals surface area contributed by atoms with E-state index < -0.39 is 0 Å². The molecule has 0 aliphatic carbocycles. The van der Waals surface area contributed by atoms with Crippen LogP contribution in [0.2, 0.25) is 0 Å². The fourth-order valence-corrected chi connectivity index (χ4v) is 2.14. The van der Waals surface area contributed by atoms with E-state index in [1.54, 1.807) is 4.90 Å². The van der Waals surface area contributed by atoms with Crippen molar-refractivity contribution in [3.8, 4) is 0 Å². The van der Waals surface area contributed by atoms with Crippen LogP contribution in [0.1, 0.15) is 51.7 Å². The lowest BCUT2D eigenvalue weighted by Crippen LogP contribution is -2.35. The summed E-state index contributed by atoms with van der Waals surface area (Å²) < 4.78 is 0. The van der Waals surface area contributed by atoms with Crippen molar-refractivity contribution < 1.29 is 9.59 Å². The van der Waals surface area contributed by atoms with Crippen LogP contribution < -0.4 is 5.32 Å². The Morgan fingerprint density at radius 1 is 1.09 bits per heavy atom. The first-order valence-corrected chi connectivity index (χ1v) is 8.34. The third-order valence-electron chi connectivity index (χ3n) is 3.81. The predicted octanol–water partition coefficient (Wildman–Crippen LogP) is 3.15. The second-order valence-corrected chi connectivity index (χ2v) is 7.03. The summed E-state index contributed by atoms with van der Waals surface area (Å²) in [5.74, 6) is 0.129. The third-order valence-corrected chi connectivity index (χ3v) is 3.81. The minimum atomic E-state index is -0.383. The van der Waals surface area contributed by atoms with Gasteiger partial charge in [0.25, 0.3) is 0 Å². The molecule has 1 rings (SSSR count). The minimum absolute atomic E-state index is 0.0225. The molecule has 0 saturated carbocycles. The number of hydrogen-bond donors (Lipinski definition) is 1. The van der Waals surface area contributed by atoms with Gasteiger partial charge in [0.1, 0.15) is 0 Å². The van der Waals surface area contributed by atoms with Crippen LogP contribution in [0.15, 0.2) is 24.3 Å². The van der Waals surface area contributed by atoms with Crippen molar-refractivity contribution >= 4 is 11.8 Å². The zero-order valence-electron chi connectivity index (χ0n) is 15.1. The Hall–Kier alpha value is -1.84. The quantitative estimate of drug-likeness (QED) is 0.785. The molecule has 128 valence electrons. The van der Waals surface area contributed by atoms with Crippen molar-refractivity contribution in [1.82, 2.24) is 10.2 Å². The Bertz CT molecular complexity index is 515. The van der Waals surface area contributed by atoms with Crippen LogP contribution in [0.3, 0.4) is 0 Å². The van der Waals surface area contributed by atoms with E-state index in [2.05, 4.69) is 36.5 Å². The van der Waals surface area contributed by atoms with Crippen molar-refractivity contribution in [2.75, 3.05) is 13.6 Å². The highest BCUT2D eigenvalue weighted by molar-refractivity contribution is 5.81. The van der Waals surface area contributed by atoms with Crippen LogP contribution in [0.5, 0.6) is 0 Å². The van der Waals surface area contributed by atoms with Crippen molar-refractivity contribution in [2.45, 2.75) is 53.5 Å². The van der Waals surface area contributed by atoms with E-state index in [4.69, 9.17) is 0 Å². The van der Waals surface area contributed by atoms with E-state index in [0.717, 1.165) is 12.0 Å². The number of hydrogen-bond acceptors (Lipinski definition) is 2. The molecule has 0 unspecified atom stereocenters. The Labute approximate surface area is 140 Å². The molecule has 0 radical (unpaired) electrons. The molecule has 0 aliphatic heterocycles. The van der Waals surface area contributed by atoms with Gasteiger partial charge in [0.15, 0.2) is 0 Å². The SMILES string of the molecule is CCc1ccc(CN(C)C(=O)CCCNC(=O)C(C)(C)C)cc1. The number of carbonyl (C=O) groups excluding carboxylic acids is 2. The summed E-state index contributed by atoms with van der Waals surface area (Å²) in [6.45, 7) is 8.93. The van der Waals surface area contributed by atoms with Gasteiger partial charge >= 0.3 is 0 Å². The molecule has 2 amide bonds.